The second kappa shape index (κ2) is 5.67. The van der Waals surface area contributed by atoms with Gasteiger partial charge in [0.25, 0.3) is 5.91 Å². The molecule has 0 unspecified atom stereocenters. The molecule has 3 amide bonds. The number of methoxy groups -OCH3 is 1. The quantitative estimate of drug-likeness (QED) is 0.828. The van der Waals surface area contributed by atoms with Crippen molar-refractivity contribution in [3.8, 4) is 0 Å². The first kappa shape index (κ1) is 14.4. The number of nitrogens with one attached hydrogen (secondary N) is 1. The standard InChI is InChI=1S/C15H17N3O4/c1-22-15(21)18-6-4-17(5-7-18)14(20)10-2-3-12-11(8-10)9-13(19)16-12/h2-3,8H,4-7,9H2,1H3,(H,16,19). The maximum atomic E-state index is 12.5. The molecule has 0 aliphatic carbocycles. The Labute approximate surface area is 127 Å². The molecule has 1 saturated heterocycles. The van der Waals surface area contributed by atoms with E-state index in [0.29, 0.717) is 38.2 Å². The predicted octanol–water partition coefficient (Wildman–Crippen LogP) is 0.705. The molecule has 0 atom stereocenters. The Kier molecular flexibility index (Phi) is 3.70. The number of fused-ring (bicyclic) bond motifs is 1. The van der Waals surface area contributed by atoms with E-state index in [1.165, 1.54) is 7.11 Å². The van der Waals surface area contributed by atoms with Gasteiger partial charge >= 0.3 is 6.09 Å². The van der Waals surface area contributed by atoms with E-state index >= 15 is 0 Å². The van der Waals surface area contributed by atoms with Crippen molar-refractivity contribution in [1.29, 1.82) is 0 Å². The van der Waals surface area contributed by atoms with E-state index in [9.17, 15) is 14.4 Å². The molecule has 1 fully saturated rings. The van der Waals surface area contributed by atoms with Crippen LogP contribution in [0.4, 0.5) is 10.5 Å². The number of carbonyl (C=O) groups excluding carboxylic acids is 3. The van der Waals surface area contributed by atoms with Crippen molar-refractivity contribution in [3.05, 3.63) is 29.3 Å². The molecule has 0 bridgehead atoms. The fourth-order valence-corrected chi connectivity index (χ4v) is 2.77. The molecule has 2 aliphatic heterocycles. The lowest BCUT2D eigenvalue weighted by Crippen LogP contribution is -2.50. The number of hydrogen-bond donors (Lipinski definition) is 1. The maximum absolute atomic E-state index is 12.5. The number of rotatable bonds is 1. The van der Waals surface area contributed by atoms with Gasteiger partial charge in [-0.15, -0.1) is 0 Å². The zero-order valence-corrected chi connectivity index (χ0v) is 12.3. The highest BCUT2D eigenvalue weighted by molar-refractivity contribution is 6.01. The van der Waals surface area contributed by atoms with Crippen molar-refractivity contribution in [3.63, 3.8) is 0 Å². The van der Waals surface area contributed by atoms with Crippen LogP contribution in [0.15, 0.2) is 18.2 Å². The van der Waals surface area contributed by atoms with Crippen molar-refractivity contribution < 1.29 is 19.1 Å². The van der Waals surface area contributed by atoms with E-state index in [1.54, 1.807) is 28.0 Å². The first-order valence-electron chi connectivity index (χ1n) is 7.13. The van der Waals surface area contributed by atoms with Crippen molar-refractivity contribution in [2.24, 2.45) is 0 Å². The van der Waals surface area contributed by atoms with Gasteiger partial charge in [0.2, 0.25) is 5.91 Å². The van der Waals surface area contributed by atoms with E-state index in [4.69, 9.17) is 0 Å². The van der Waals surface area contributed by atoms with Crippen LogP contribution in [0.5, 0.6) is 0 Å². The third kappa shape index (κ3) is 2.61. The number of ether oxygens (including phenoxy) is 1. The molecule has 0 saturated carbocycles. The third-order valence-corrected chi connectivity index (χ3v) is 3.98. The number of amides is 3. The normalized spacial score (nSPS) is 17.0. The highest BCUT2D eigenvalue weighted by Gasteiger charge is 2.26. The zero-order chi connectivity index (χ0) is 15.7. The lowest BCUT2D eigenvalue weighted by atomic mass is 10.1. The third-order valence-electron chi connectivity index (χ3n) is 3.98. The highest BCUT2D eigenvalue weighted by atomic mass is 16.5. The van der Waals surface area contributed by atoms with E-state index in [2.05, 4.69) is 10.1 Å². The first-order valence-corrected chi connectivity index (χ1v) is 7.13. The molecule has 1 N–H and O–H groups in total. The Morgan fingerprint density at radius 3 is 2.50 bits per heavy atom. The van der Waals surface area contributed by atoms with Crippen LogP contribution < -0.4 is 5.32 Å². The Bertz CT molecular complexity index is 636. The van der Waals surface area contributed by atoms with Crippen LogP contribution in [0.1, 0.15) is 15.9 Å². The average molecular weight is 303 g/mol. The molecule has 2 aliphatic rings. The molecular formula is C15H17N3O4. The fourth-order valence-electron chi connectivity index (χ4n) is 2.77. The van der Waals surface area contributed by atoms with Gasteiger partial charge in [-0.3, -0.25) is 9.59 Å². The minimum Gasteiger partial charge on any atom is -0.453 e. The van der Waals surface area contributed by atoms with Gasteiger partial charge in [0.15, 0.2) is 0 Å². The fraction of sp³-hybridized carbons (Fsp3) is 0.400. The number of carbonyl (C=O) groups is 3. The number of anilines is 1. The molecule has 7 heteroatoms. The molecule has 22 heavy (non-hydrogen) atoms. The molecule has 7 nitrogen and oxygen atoms in total. The minimum atomic E-state index is -0.366. The Morgan fingerprint density at radius 2 is 1.82 bits per heavy atom. The van der Waals surface area contributed by atoms with Crippen molar-refractivity contribution in [2.45, 2.75) is 6.42 Å². The molecule has 116 valence electrons. The second-order valence-corrected chi connectivity index (χ2v) is 5.35. The van der Waals surface area contributed by atoms with Crippen molar-refractivity contribution in [1.82, 2.24) is 9.80 Å². The summed E-state index contributed by atoms with van der Waals surface area (Å²) in [6, 6.07) is 5.25. The van der Waals surface area contributed by atoms with Gasteiger partial charge in [0.1, 0.15) is 0 Å². The Morgan fingerprint density at radius 1 is 1.14 bits per heavy atom. The van der Waals surface area contributed by atoms with Crippen LogP contribution >= 0.6 is 0 Å². The Hall–Kier alpha value is -2.57. The van der Waals surface area contributed by atoms with Gasteiger partial charge in [-0.05, 0) is 23.8 Å². The SMILES string of the molecule is COC(=O)N1CCN(C(=O)c2ccc3c(c2)CC(=O)N3)CC1. The number of nitrogens with zero attached hydrogens (tertiary/aromatic N) is 2. The summed E-state index contributed by atoms with van der Waals surface area (Å²) in [5.74, 6) is -0.127. The Balaban J connectivity index is 1.67. The molecular weight excluding hydrogens is 286 g/mol. The molecule has 2 heterocycles. The molecule has 1 aromatic carbocycles. The summed E-state index contributed by atoms with van der Waals surface area (Å²) in [5.41, 5.74) is 2.20. The summed E-state index contributed by atoms with van der Waals surface area (Å²) in [6.45, 7) is 1.87. The molecule has 0 aromatic heterocycles. The summed E-state index contributed by atoms with van der Waals surface area (Å²) in [4.78, 5) is 38.6. The largest absolute Gasteiger partial charge is 0.453 e. The average Bonchev–Trinajstić information content (AvgIpc) is 2.92. The van der Waals surface area contributed by atoms with Crippen LogP contribution in [0, 0.1) is 0 Å². The van der Waals surface area contributed by atoms with Crippen LogP contribution in [-0.4, -0.2) is 61.0 Å². The summed E-state index contributed by atoms with van der Waals surface area (Å²) in [7, 11) is 1.35. The summed E-state index contributed by atoms with van der Waals surface area (Å²) in [5, 5.41) is 2.75. The first-order chi connectivity index (χ1) is 10.6. The van der Waals surface area contributed by atoms with Gasteiger partial charge in [0, 0.05) is 37.4 Å². The maximum Gasteiger partial charge on any atom is 0.409 e. The van der Waals surface area contributed by atoms with Crippen LogP contribution in [0.25, 0.3) is 0 Å². The van der Waals surface area contributed by atoms with Gasteiger partial charge in [0.05, 0.1) is 13.5 Å². The highest BCUT2D eigenvalue weighted by Crippen LogP contribution is 2.24. The summed E-state index contributed by atoms with van der Waals surface area (Å²) >= 11 is 0. The van der Waals surface area contributed by atoms with Gasteiger partial charge < -0.3 is 19.9 Å². The molecule has 1 aromatic rings. The van der Waals surface area contributed by atoms with Gasteiger partial charge in [-0.25, -0.2) is 4.79 Å². The van der Waals surface area contributed by atoms with Crippen molar-refractivity contribution >= 4 is 23.6 Å². The predicted molar refractivity (Wildman–Crippen MR) is 78.7 cm³/mol. The number of benzene rings is 1. The topological polar surface area (TPSA) is 79.0 Å². The number of hydrogen-bond acceptors (Lipinski definition) is 4. The lowest BCUT2D eigenvalue weighted by molar-refractivity contribution is -0.115. The minimum absolute atomic E-state index is 0.0497. The molecule has 0 radical (unpaired) electrons. The molecule has 0 spiro atoms. The van der Waals surface area contributed by atoms with E-state index in [1.807, 2.05) is 0 Å². The van der Waals surface area contributed by atoms with Crippen molar-refractivity contribution in [2.75, 3.05) is 38.6 Å². The van der Waals surface area contributed by atoms with E-state index in [-0.39, 0.29) is 17.9 Å². The smallest absolute Gasteiger partial charge is 0.409 e. The second-order valence-electron chi connectivity index (χ2n) is 5.35. The summed E-state index contributed by atoms with van der Waals surface area (Å²) < 4.78 is 4.68. The van der Waals surface area contributed by atoms with Gasteiger partial charge in [-0.1, -0.05) is 0 Å². The number of piperazine rings is 1. The summed E-state index contributed by atoms with van der Waals surface area (Å²) in [6.07, 6.45) is -0.0544. The van der Waals surface area contributed by atoms with E-state index < -0.39 is 0 Å². The molecule has 3 rings (SSSR count). The lowest BCUT2D eigenvalue weighted by Gasteiger charge is -2.33. The van der Waals surface area contributed by atoms with Gasteiger partial charge in [-0.2, -0.15) is 0 Å². The van der Waals surface area contributed by atoms with E-state index in [0.717, 1.165) is 11.3 Å². The monoisotopic (exact) mass is 303 g/mol. The van der Waals surface area contributed by atoms with Crippen LogP contribution in [0.2, 0.25) is 0 Å². The van der Waals surface area contributed by atoms with Crippen LogP contribution in [0.3, 0.4) is 0 Å². The van der Waals surface area contributed by atoms with Crippen LogP contribution in [-0.2, 0) is 16.0 Å². The zero-order valence-electron chi connectivity index (χ0n) is 12.3.